The molecule has 1 rings (SSSR count). The maximum absolute atomic E-state index is 14.8. The number of halogens is 2. The zero-order valence-electron chi connectivity index (χ0n) is 19.0. The van der Waals surface area contributed by atoms with E-state index in [0.717, 1.165) is 38.5 Å². The molecular formula is C22H40F2O6. The van der Waals surface area contributed by atoms with E-state index in [9.17, 15) is 13.6 Å². The Labute approximate surface area is 179 Å². The van der Waals surface area contributed by atoms with Gasteiger partial charge in [0.15, 0.2) is 0 Å². The summed E-state index contributed by atoms with van der Waals surface area (Å²) in [7, 11) is 0. The number of hydrogen-bond donors (Lipinski definition) is 0. The lowest BCUT2D eigenvalue weighted by Crippen LogP contribution is -2.58. The third kappa shape index (κ3) is 8.73. The summed E-state index contributed by atoms with van der Waals surface area (Å²) in [5.74, 6) is -5.34. The van der Waals surface area contributed by atoms with E-state index in [1.54, 1.807) is 0 Å². The van der Waals surface area contributed by atoms with Gasteiger partial charge in [0.2, 0.25) is 0 Å². The number of unbranched alkanes of at least 4 members (excludes halogenated alkanes) is 3. The van der Waals surface area contributed by atoms with Crippen LogP contribution in [0.2, 0.25) is 0 Å². The minimum absolute atomic E-state index is 0.111. The largest absolute Gasteiger partial charge is 0.461 e. The molecule has 1 heterocycles. The molecule has 6 nitrogen and oxygen atoms in total. The highest BCUT2D eigenvalue weighted by molar-refractivity contribution is 5.78. The third-order valence-corrected chi connectivity index (χ3v) is 5.03. The number of carbonyl (C=O) groups is 1. The third-order valence-electron chi connectivity index (χ3n) is 5.03. The van der Waals surface area contributed by atoms with E-state index >= 15 is 0 Å². The Hall–Kier alpha value is -0.830. The van der Waals surface area contributed by atoms with Crippen LogP contribution in [0.25, 0.3) is 0 Å². The fraction of sp³-hybridized carbons (Fsp3) is 0.955. The van der Waals surface area contributed by atoms with E-state index < -0.39 is 36.3 Å². The SMILES string of the molecule is CCCCOC[C@H]1O[C@@H](C(F)(F)C(=O)OCC)C[C@@H](OCCCC)[C@H]1OCCCC. The van der Waals surface area contributed by atoms with Gasteiger partial charge in [0.25, 0.3) is 0 Å². The number of rotatable bonds is 16. The van der Waals surface area contributed by atoms with E-state index in [-0.39, 0.29) is 19.6 Å². The molecule has 4 atom stereocenters. The molecule has 0 aliphatic carbocycles. The molecule has 1 aliphatic rings. The minimum atomic E-state index is -3.77. The van der Waals surface area contributed by atoms with Crippen molar-refractivity contribution >= 4 is 5.97 Å². The van der Waals surface area contributed by atoms with E-state index in [1.165, 1.54) is 6.92 Å². The first-order valence-corrected chi connectivity index (χ1v) is 11.4. The highest BCUT2D eigenvalue weighted by Crippen LogP contribution is 2.35. The molecule has 0 aromatic rings. The van der Waals surface area contributed by atoms with Gasteiger partial charge in [0.1, 0.15) is 18.3 Å². The number of esters is 1. The second-order valence-corrected chi connectivity index (χ2v) is 7.62. The van der Waals surface area contributed by atoms with Crippen LogP contribution in [-0.4, -0.2) is 69.3 Å². The summed E-state index contributed by atoms with van der Waals surface area (Å²) in [6.45, 7) is 9.06. The maximum atomic E-state index is 14.8. The molecule has 30 heavy (non-hydrogen) atoms. The molecule has 178 valence electrons. The van der Waals surface area contributed by atoms with Gasteiger partial charge in [-0.25, -0.2) is 4.79 Å². The van der Waals surface area contributed by atoms with E-state index in [2.05, 4.69) is 11.7 Å². The standard InChI is InChI=1S/C22H40F2O6/c1-5-9-12-26-16-18-20(29-14-11-7-3)17(28-13-10-6-2)15-19(30-18)22(23,24)21(25)27-8-4/h17-20H,5-16H2,1-4H3/t17-,18-,19-,20-/m1/s1. The van der Waals surface area contributed by atoms with Crippen LogP contribution in [0.3, 0.4) is 0 Å². The van der Waals surface area contributed by atoms with Crippen molar-refractivity contribution in [2.24, 2.45) is 0 Å². The molecule has 0 unspecified atom stereocenters. The topological polar surface area (TPSA) is 63.2 Å². The molecule has 0 bridgehead atoms. The molecule has 0 radical (unpaired) electrons. The van der Waals surface area contributed by atoms with Gasteiger partial charge < -0.3 is 23.7 Å². The number of carbonyl (C=O) groups excluding carboxylic acids is 1. The molecule has 0 N–H and O–H groups in total. The highest BCUT2D eigenvalue weighted by Gasteiger charge is 2.55. The highest BCUT2D eigenvalue weighted by atomic mass is 19.3. The molecule has 0 aromatic carbocycles. The van der Waals surface area contributed by atoms with Crippen molar-refractivity contribution in [2.75, 3.05) is 33.0 Å². The normalized spacial score (nSPS) is 24.7. The Balaban J connectivity index is 2.99. The fourth-order valence-corrected chi connectivity index (χ4v) is 3.22. The summed E-state index contributed by atoms with van der Waals surface area (Å²) in [6, 6.07) is 0. The fourth-order valence-electron chi connectivity index (χ4n) is 3.22. The Morgan fingerprint density at radius 2 is 1.57 bits per heavy atom. The molecule has 0 aromatic heterocycles. The summed E-state index contributed by atoms with van der Waals surface area (Å²) in [6.07, 6.45) is 1.72. The molecule has 1 aliphatic heterocycles. The molecule has 0 saturated carbocycles. The maximum Gasteiger partial charge on any atom is 0.379 e. The van der Waals surface area contributed by atoms with Gasteiger partial charge in [0.05, 0.1) is 19.3 Å². The Morgan fingerprint density at radius 1 is 0.967 bits per heavy atom. The number of hydrogen-bond acceptors (Lipinski definition) is 6. The van der Waals surface area contributed by atoms with Gasteiger partial charge in [-0.05, 0) is 26.2 Å². The van der Waals surface area contributed by atoms with E-state index in [1.807, 2.05) is 13.8 Å². The van der Waals surface area contributed by atoms with Gasteiger partial charge in [-0.1, -0.05) is 40.0 Å². The van der Waals surface area contributed by atoms with Crippen molar-refractivity contribution in [3.05, 3.63) is 0 Å². The first kappa shape index (κ1) is 27.2. The van der Waals surface area contributed by atoms with Crippen LogP contribution < -0.4 is 0 Å². The molecule has 0 amide bonds. The summed E-state index contributed by atoms with van der Waals surface area (Å²) < 4.78 is 57.4. The van der Waals surface area contributed by atoms with Crippen LogP contribution >= 0.6 is 0 Å². The van der Waals surface area contributed by atoms with Gasteiger partial charge in [-0.2, -0.15) is 8.78 Å². The summed E-state index contributed by atoms with van der Waals surface area (Å²) >= 11 is 0. The van der Waals surface area contributed by atoms with E-state index in [4.69, 9.17) is 18.9 Å². The van der Waals surface area contributed by atoms with E-state index in [0.29, 0.717) is 19.8 Å². The van der Waals surface area contributed by atoms with Crippen molar-refractivity contribution in [1.82, 2.24) is 0 Å². The predicted molar refractivity (Wildman–Crippen MR) is 110 cm³/mol. The van der Waals surface area contributed by atoms with Gasteiger partial charge in [-0.15, -0.1) is 0 Å². The smallest absolute Gasteiger partial charge is 0.379 e. The van der Waals surface area contributed by atoms with Crippen molar-refractivity contribution in [3.8, 4) is 0 Å². The summed E-state index contributed by atoms with van der Waals surface area (Å²) in [5, 5.41) is 0. The van der Waals surface area contributed by atoms with Crippen LogP contribution in [0.15, 0.2) is 0 Å². The monoisotopic (exact) mass is 438 g/mol. The van der Waals surface area contributed by atoms with Crippen molar-refractivity contribution < 1.29 is 37.3 Å². The second-order valence-electron chi connectivity index (χ2n) is 7.62. The van der Waals surface area contributed by atoms with Crippen LogP contribution in [0, 0.1) is 0 Å². The zero-order chi connectivity index (χ0) is 22.4. The summed E-state index contributed by atoms with van der Waals surface area (Å²) in [5.41, 5.74) is 0. The van der Waals surface area contributed by atoms with Crippen molar-refractivity contribution in [1.29, 1.82) is 0 Å². The van der Waals surface area contributed by atoms with Crippen LogP contribution in [0.1, 0.15) is 72.6 Å². The summed E-state index contributed by atoms with van der Waals surface area (Å²) in [4.78, 5) is 11.9. The Kier molecular flexibility index (Phi) is 13.6. The van der Waals surface area contributed by atoms with Crippen LogP contribution in [0.4, 0.5) is 8.78 Å². The quantitative estimate of drug-likeness (QED) is 0.261. The molecule has 1 saturated heterocycles. The van der Waals surface area contributed by atoms with Crippen LogP contribution in [0.5, 0.6) is 0 Å². The molecular weight excluding hydrogens is 398 g/mol. The average molecular weight is 439 g/mol. The Morgan fingerprint density at radius 3 is 2.17 bits per heavy atom. The van der Waals surface area contributed by atoms with Gasteiger partial charge in [-0.3, -0.25) is 0 Å². The zero-order valence-corrected chi connectivity index (χ0v) is 19.0. The molecule has 8 heteroatoms. The molecule has 0 spiro atoms. The number of ether oxygens (including phenoxy) is 5. The lowest BCUT2D eigenvalue weighted by Gasteiger charge is -2.43. The lowest BCUT2D eigenvalue weighted by atomic mass is 9.94. The van der Waals surface area contributed by atoms with Gasteiger partial charge >= 0.3 is 11.9 Å². The average Bonchev–Trinajstić information content (AvgIpc) is 2.72. The first-order valence-electron chi connectivity index (χ1n) is 11.4. The number of alkyl halides is 2. The van der Waals surface area contributed by atoms with Crippen molar-refractivity contribution in [2.45, 2.75) is 103 Å². The second kappa shape index (κ2) is 15.1. The van der Waals surface area contributed by atoms with Crippen LogP contribution in [-0.2, 0) is 28.5 Å². The van der Waals surface area contributed by atoms with Crippen molar-refractivity contribution in [3.63, 3.8) is 0 Å². The minimum Gasteiger partial charge on any atom is -0.461 e. The Bertz CT molecular complexity index is 463. The predicted octanol–water partition coefficient (Wildman–Crippen LogP) is 4.53. The lowest BCUT2D eigenvalue weighted by molar-refractivity contribution is -0.259. The van der Waals surface area contributed by atoms with Gasteiger partial charge in [0, 0.05) is 26.2 Å². The first-order chi connectivity index (χ1) is 14.4. The molecule has 1 fully saturated rings.